The van der Waals surface area contributed by atoms with Crippen LogP contribution in [-0.4, -0.2) is 81.7 Å². The highest BCUT2D eigenvalue weighted by molar-refractivity contribution is 7.93. The highest BCUT2D eigenvalue weighted by Crippen LogP contribution is 2.55. The van der Waals surface area contributed by atoms with Crippen LogP contribution in [0.2, 0.25) is 5.02 Å². The van der Waals surface area contributed by atoms with Crippen LogP contribution in [0, 0.1) is 17.6 Å². The quantitative estimate of drug-likeness (QED) is 0.0884. The van der Waals surface area contributed by atoms with E-state index in [2.05, 4.69) is 15.5 Å². The van der Waals surface area contributed by atoms with Gasteiger partial charge in [-0.15, -0.1) is 0 Å². The van der Waals surface area contributed by atoms with Crippen molar-refractivity contribution < 1.29 is 75.4 Å². The Balaban J connectivity index is 1.47. The van der Waals surface area contributed by atoms with Gasteiger partial charge in [-0.3, -0.25) is 23.9 Å². The van der Waals surface area contributed by atoms with Crippen molar-refractivity contribution in [1.82, 2.24) is 29.9 Å². The third-order valence-electron chi connectivity index (χ3n) is 13.1. The van der Waals surface area contributed by atoms with Crippen molar-refractivity contribution in [3.05, 3.63) is 123 Å². The first-order chi connectivity index (χ1) is 34.5. The molecule has 0 spiro atoms. The molecule has 75 heavy (non-hydrogen) atoms. The number of alkyl halides is 8. The summed E-state index contributed by atoms with van der Waals surface area (Å²) in [6, 6.07) is 10.2. The van der Waals surface area contributed by atoms with Gasteiger partial charge in [0.2, 0.25) is 21.8 Å². The molecule has 1 aliphatic carbocycles. The molecule has 3 atom stereocenters. The maximum absolute atomic E-state index is 15.8. The van der Waals surface area contributed by atoms with Crippen molar-refractivity contribution in [2.75, 3.05) is 16.8 Å². The molecule has 3 aromatic heterocycles. The van der Waals surface area contributed by atoms with E-state index < -0.39 is 149 Å². The third kappa shape index (κ3) is 11.8. The van der Waals surface area contributed by atoms with Gasteiger partial charge in [-0.25, -0.2) is 25.6 Å². The second-order valence-corrected chi connectivity index (χ2v) is 23.9. The van der Waals surface area contributed by atoms with Gasteiger partial charge in [-0.05, 0) is 86.6 Å². The van der Waals surface area contributed by atoms with E-state index in [9.17, 15) is 66.7 Å². The van der Waals surface area contributed by atoms with Gasteiger partial charge < -0.3 is 10.4 Å². The summed E-state index contributed by atoms with van der Waals surface area (Å²) in [5.74, 6) is -12.9. The first kappa shape index (κ1) is 56.4. The summed E-state index contributed by atoms with van der Waals surface area (Å²) in [5.41, 5.74) is -5.21. The molecule has 7 rings (SSSR count). The summed E-state index contributed by atoms with van der Waals surface area (Å²) in [4.78, 5) is 33.0. The number of anilines is 1. The van der Waals surface area contributed by atoms with Gasteiger partial charge in [-0.2, -0.15) is 49.6 Å². The molecule has 0 fully saturated rings. The van der Waals surface area contributed by atoms with Crippen molar-refractivity contribution >= 4 is 60.0 Å². The van der Waals surface area contributed by atoms with Gasteiger partial charge in [0.15, 0.2) is 21.3 Å². The maximum Gasteiger partial charge on any atom is 0.435 e. The molecule has 27 heteroatoms. The van der Waals surface area contributed by atoms with Crippen LogP contribution >= 0.6 is 11.6 Å². The van der Waals surface area contributed by atoms with Crippen molar-refractivity contribution in [2.24, 2.45) is 5.92 Å². The molecule has 0 aliphatic heterocycles. The van der Waals surface area contributed by atoms with Gasteiger partial charge >= 0.3 is 12.4 Å². The molecule has 3 heterocycles. The van der Waals surface area contributed by atoms with E-state index in [-0.39, 0.29) is 61.2 Å². The minimum atomic E-state index is -5.25. The van der Waals surface area contributed by atoms with Gasteiger partial charge in [0.05, 0.1) is 45.1 Å². The molecule has 404 valence electrons. The number of amides is 2. The number of aromatic hydroxyl groups is 1. The van der Waals surface area contributed by atoms with E-state index >= 15 is 8.78 Å². The number of aryl methyl sites for hydroxylation is 1. The van der Waals surface area contributed by atoms with Crippen LogP contribution in [0.4, 0.5) is 49.7 Å². The number of hydrogen-bond acceptors (Lipinski definition) is 10. The average molecular weight is 1120 g/mol. The average Bonchev–Trinajstić information content (AvgIpc) is 3.88. The molecule has 14 nitrogen and oxygen atoms in total. The Morgan fingerprint density at radius 3 is 2.05 bits per heavy atom. The van der Waals surface area contributed by atoms with Gasteiger partial charge in [0.25, 0.3) is 5.92 Å². The Morgan fingerprint density at radius 1 is 0.867 bits per heavy atom. The third-order valence-corrected chi connectivity index (χ3v) is 16.7. The summed E-state index contributed by atoms with van der Waals surface area (Å²) < 4.78 is 200. The molecule has 3 aromatic carbocycles. The minimum Gasteiger partial charge on any atom is -0.508 e. The molecule has 0 unspecified atom stereocenters. The number of carbonyl (C=O) groups excluding carboxylic acids is 2. The van der Waals surface area contributed by atoms with Crippen LogP contribution in [0.15, 0.2) is 66.7 Å². The molecule has 2 amide bonds. The van der Waals surface area contributed by atoms with E-state index in [0.29, 0.717) is 17.0 Å². The number of benzene rings is 3. The molecule has 0 radical (unpaired) electrons. The SMILES string of the molecule is C[C@@H]1c2c(C(F)(F)F)nn(CC(=O)N[C@@H](Cc3cc(F)cc(F)c3)c3nc(CCC(C)(C)S(C)(=O)=O)ccc3-c3ccc(Cl)c4c(N(C(=O)Cc5ccc(O)cc5)S(C)(=O)=O)nn(CC(F)(F)F)c34)c2C(F)(F)[C@@H]1C. The number of nitrogens with zero attached hydrogens (tertiary/aromatic N) is 6. The lowest BCUT2D eigenvalue weighted by Crippen LogP contribution is -2.38. The highest BCUT2D eigenvalue weighted by Gasteiger charge is 2.57. The number of carbonyl (C=O) groups is 2. The lowest BCUT2D eigenvalue weighted by atomic mass is 9.93. The zero-order chi connectivity index (χ0) is 55.7. The standard InChI is InChI=1S/C48H46ClF10N7O7S2/c1-24-25(2)47(55,56)43-38(24)42(48(57,58)59)62-64(43)22-36(68)61-35(19-27-17-28(50)21-29(51)18-27)40-32(12-9-30(60-40)15-16-45(3,4)74(5,70)71)33-13-14-34(49)39-41(33)65(23-46(52,53)54)63-44(39)66(75(6,72)73)37(69)20-26-7-10-31(67)11-8-26/h7-14,17-18,21,24-25,35,67H,15-16,19-20,22-23H2,1-6H3,(H,61,68)/t24-,25+,35-/m0/s1. The number of phenols is 1. The molecular formula is C48H46ClF10N7O7S2. The Morgan fingerprint density at radius 2 is 1.48 bits per heavy atom. The smallest absolute Gasteiger partial charge is 0.435 e. The van der Waals surface area contributed by atoms with Crippen LogP contribution in [-0.2, 0) is 73.9 Å². The summed E-state index contributed by atoms with van der Waals surface area (Å²) >= 11 is 6.70. The van der Waals surface area contributed by atoms with Crippen LogP contribution < -0.4 is 9.62 Å². The Hall–Kier alpha value is -6.28. The summed E-state index contributed by atoms with van der Waals surface area (Å²) in [5, 5.41) is 18.7. The van der Waals surface area contributed by atoms with Crippen LogP contribution in [0.1, 0.15) is 85.5 Å². The number of hydrogen-bond donors (Lipinski definition) is 2. The monoisotopic (exact) mass is 1120 g/mol. The first-order valence-electron chi connectivity index (χ1n) is 22.6. The Kier molecular flexibility index (Phi) is 15.1. The highest BCUT2D eigenvalue weighted by atomic mass is 35.5. The van der Waals surface area contributed by atoms with E-state index in [0.717, 1.165) is 44.4 Å². The maximum atomic E-state index is 15.8. The minimum absolute atomic E-state index is 0.0512. The molecule has 1 aliphatic rings. The second kappa shape index (κ2) is 20.0. The summed E-state index contributed by atoms with van der Waals surface area (Å²) in [6.07, 6.45) is -10.5. The number of phenolic OH excluding ortho intramolecular Hbond substituents is 1. The van der Waals surface area contributed by atoms with Gasteiger partial charge in [0.1, 0.15) is 36.2 Å². The number of sulfonamides is 1. The zero-order valence-electron chi connectivity index (χ0n) is 40.4. The number of fused-ring (bicyclic) bond motifs is 2. The fourth-order valence-corrected chi connectivity index (χ4v) is 10.5. The number of rotatable bonds is 16. The predicted octanol–water partition coefficient (Wildman–Crippen LogP) is 9.75. The molecule has 2 N–H and O–H groups in total. The van der Waals surface area contributed by atoms with Crippen molar-refractivity contribution in [3.8, 4) is 16.9 Å². The van der Waals surface area contributed by atoms with E-state index in [1.807, 2.05) is 0 Å². The number of aromatic nitrogens is 5. The molecule has 0 bridgehead atoms. The van der Waals surface area contributed by atoms with E-state index in [1.54, 1.807) is 0 Å². The second-order valence-electron chi connectivity index (χ2n) is 19.0. The number of halogens is 11. The molecule has 0 saturated carbocycles. The fourth-order valence-electron chi connectivity index (χ4n) is 8.91. The van der Waals surface area contributed by atoms with Crippen LogP contribution in [0.25, 0.3) is 22.0 Å². The number of pyridine rings is 1. The lowest BCUT2D eigenvalue weighted by molar-refractivity contribution is -0.143. The summed E-state index contributed by atoms with van der Waals surface area (Å²) in [6.45, 7) is 1.72. The zero-order valence-corrected chi connectivity index (χ0v) is 42.8. The topological polar surface area (TPSA) is 186 Å². The Bertz CT molecular complexity index is 3440. The number of nitrogens with one attached hydrogen (secondary N) is 1. The fraction of sp³-hybridized carbons (Fsp3) is 0.396. The van der Waals surface area contributed by atoms with Gasteiger partial charge in [-0.1, -0.05) is 49.7 Å². The van der Waals surface area contributed by atoms with Crippen molar-refractivity contribution in [2.45, 2.75) is 101 Å². The summed E-state index contributed by atoms with van der Waals surface area (Å²) in [7, 11) is -8.53. The molecular weight excluding hydrogens is 1080 g/mol. The lowest BCUT2D eigenvalue weighted by Gasteiger charge is -2.25. The van der Waals surface area contributed by atoms with E-state index in [4.69, 9.17) is 16.6 Å². The van der Waals surface area contributed by atoms with Gasteiger partial charge in [0, 0.05) is 40.6 Å². The van der Waals surface area contributed by atoms with E-state index in [1.165, 1.54) is 50.2 Å². The van der Waals surface area contributed by atoms with Crippen molar-refractivity contribution in [3.63, 3.8) is 0 Å². The largest absolute Gasteiger partial charge is 0.508 e. The Labute approximate surface area is 427 Å². The predicted molar refractivity (Wildman–Crippen MR) is 255 cm³/mol. The molecule has 6 aromatic rings. The van der Waals surface area contributed by atoms with Crippen LogP contribution in [0.5, 0.6) is 5.75 Å². The first-order valence-corrected chi connectivity index (χ1v) is 26.7. The van der Waals surface area contributed by atoms with Crippen molar-refractivity contribution in [1.29, 1.82) is 0 Å². The molecule has 0 saturated heterocycles. The number of sulfone groups is 1. The van der Waals surface area contributed by atoms with Crippen LogP contribution in [0.3, 0.4) is 0 Å². The normalized spacial score (nSPS) is 16.5.